The van der Waals surface area contributed by atoms with Gasteiger partial charge in [0.25, 0.3) is 5.89 Å². The molecule has 1 fully saturated rings. The Balaban J connectivity index is 1.42. The Labute approximate surface area is 174 Å². The largest absolute Gasteiger partial charge is 0.493 e. The number of halogens is 1. The highest BCUT2D eigenvalue weighted by Crippen LogP contribution is 2.32. The second kappa shape index (κ2) is 8.66. The van der Waals surface area contributed by atoms with Crippen molar-refractivity contribution in [3.8, 4) is 17.2 Å². The third-order valence-electron chi connectivity index (χ3n) is 5.02. The molecule has 0 saturated carbocycles. The van der Waals surface area contributed by atoms with E-state index < -0.39 is 0 Å². The van der Waals surface area contributed by atoms with Gasteiger partial charge >= 0.3 is 0 Å². The Hall–Kier alpha value is -2.86. The molecular formula is C22H22ClN3O3. The Morgan fingerprint density at radius 1 is 1.21 bits per heavy atom. The predicted molar refractivity (Wildman–Crippen MR) is 110 cm³/mol. The lowest BCUT2D eigenvalue weighted by atomic mass is 10.1. The topological polar surface area (TPSA) is 68.5 Å². The fourth-order valence-corrected chi connectivity index (χ4v) is 3.64. The van der Waals surface area contributed by atoms with Crippen LogP contribution in [0.1, 0.15) is 30.7 Å². The maximum atomic E-state index is 12.4. The standard InChI is InChI=1S/C22H22ClN3O3/c1-2-28-19-6-4-3-5-18(19)22-24-21(25-29-22)16-13-20(27)26(14-16)12-11-15-7-9-17(23)10-8-15/h3-10,16H,2,11-14H2,1H3. The maximum absolute atomic E-state index is 12.4. The lowest BCUT2D eigenvalue weighted by Crippen LogP contribution is -2.27. The highest BCUT2D eigenvalue weighted by Gasteiger charge is 2.33. The monoisotopic (exact) mass is 411 g/mol. The summed E-state index contributed by atoms with van der Waals surface area (Å²) in [6, 6.07) is 15.3. The van der Waals surface area contributed by atoms with E-state index in [1.165, 1.54) is 0 Å². The average Bonchev–Trinajstić information content (AvgIpc) is 3.35. The van der Waals surface area contributed by atoms with Crippen LogP contribution in [0.15, 0.2) is 53.1 Å². The van der Waals surface area contributed by atoms with Crippen LogP contribution in [0, 0.1) is 0 Å². The van der Waals surface area contributed by atoms with Gasteiger partial charge in [0.15, 0.2) is 5.82 Å². The average molecular weight is 412 g/mol. The van der Waals surface area contributed by atoms with E-state index in [-0.39, 0.29) is 11.8 Å². The summed E-state index contributed by atoms with van der Waals surface area (Å²) < 4.78 is 11.1. The summed E-state index contributed by atoms with van der Waals surface area (Å²) in [5, 5.41) is 4.85. The molecule has 0 bridgehead atoms. The van der Waals surface area contributed by atoms with Crippen molar-refractivity contribution in [2.45, 2.75) is 25.7 Å². The lowest BCUT2D eigenvalue weighted by Gasteiger charge is -2.15. The molecule has 1 amide bonds. The molecule has 29 heavy (non-hydrogen) atoms. The first-order valence-corrected chi connectivity index (χ1v) is 10.1. The summed E-state index contributed by atoms with van der Waals surface area (Å²) in [7, 11) is 0. The number of hydrogen-bond donors (Lipinski definition) is 0. The van der Waals surface area contributed by atoms with E-state index in [4.69, 9.17) is 20.9 Å². The molecule has 7 heteroatoms. The van der Waals surface area contributed by atoms with Crippen molar-refractivity contribution in [2.24, 2.45) is 0 Å². The minimum Gasteiger partial charge on any atom is -0.493 e. The van der Waals surface area contributed by atoms with Gasteiger partial charge in [-0.25, -0.2) is 0 Å². The summed E-state index contributed by atoms with van der Waals surface area (Å²) in [5.41, 5.74) is 1.91. The highest BCUT2D eigenvalue weighted by molar-refractivity contribution is 6.30. The minimum absolute atomic E-state index is 0.0653. The first-order valence-electron chi connectivity index (χ1n) is 9.72. The molecule has 1 aromatic heterocycles. The molecule has 1 atom stereocenters. The molecule has 6 nitrogen and oxygen atoms in total. The van der Waals surface area contributed by atoms with Gasteiger partial charge in [0, 0.05) is 30.5 Å². The molecule has 0 spiro atoms. The van der Waals surface area contributed by atoms with Crippen molar-refractivity contribution < 1.29 is 14.1 Å². The molecule has 0 aliphatic carbocycles. The van der Waals surface area contributed by atoms with Crippen LogP contribution in [-0.4, -0.2) is 40.6 Å². The highest BCUT2D eigenvalue weighted by atomic mass is 35.5. The van der Waals surface area contributed by atoms with Gasteiger partial charge in [-0.15, -0.1) is 0 Å². The van der Waals surface area contributed by atoms with Gasteiger partial charge in [0.05, 0.1) is 12.2 Å². The van der Waals surface area contributed by atoms with Crippen LogP contribution in [0.3, 0.4) is 0 Å². The number of ether oxygens (including phenoxy) is 1. The van der Waals surface area contributed by atoms with Crippen LogP contribution in [0.2, 0.25) is 5.02 Å². The summed E-state index contributed by atoms with van der Waals surface area (Å²) >= 11 is 5.93. The number of aromatic nitrogens is 2. The molecule has 0 radical (unpaired) electrons. The van der Waals surface area contributed by atoms with Crippen molar-refractivity contribution in [3.63, 3.8) is 0 Å². The molecule has 1 unspecified atom stereocenters. The first-order chi connectivity index (χ1) is 14.1. The lowest BCUT2D eigenvalue weighted by molar-refractivity contribution is -0.127. The smallest absolute Gasteiger partial charge is 0.261 e. The SMILES string of the molecule is CCOc1ccccc1-c1nc(C2CC(=O)N(CCc3ccc(Cl)cc3)C2)no1. The number of carbonyl (C=O) groups excluding carboxylic acids is 1. The normalized spacial score (nSPS) is 16.4. The van der Waals surface area contributed by atoms with E-state index in [9.17, 15) is 4.79 Å². The molecule has 3 aromatic rings. The Morgan fingerprint density at radius 2 is 2.00 bits per heavy atom. The van der Waals surface area contributed by atoms with Crippen molar-refractivity contribution in [1.82, 2.24) is 15.0 Å². The van der Waals surface area contributed by atoms with Gasteiger partial charge in [0.2, 0.25) is 5.91 Å². The van der Waals surface area contributed by atoms with Gasteiger partial charge in [0.1, 0.15) is 5.75 Å². The molecule has 1 aliphatic rings. The first kappa shape index (κ1) is 19.5. The van der Waals surface area contributed by atoms with Crippen LogP contribution < -0.4 is 4.74 Å². The molecule has 4 rings (SSSR count). The quantitative estimate of drug-likeness (QED) is 0.578. The number of benzene rings is 2. The second-order valence-electron chi connectivity index (χ2n) is 7.00. The number of rotatable bonds is 7. The molecule has 2 aromatic carbocycles. The number of nitrogens with zero attached hydrogens (tertiary/aromatic N) is 3. The zero-order valence-corrected chi connectivity index (χ0v) is 16.9. The van der Waals surface area contributed by atoms with E-state index in [2.05, 4.69) is 10.1 Å². The Morgan fingerprint density at radius 3 is 2.79 bits per heavy atom. The Bertz CT molecular complexity index is 987. The number of hydrogen-bond acceptors (Lipinski definition) is 5. The van der Waals surface area contributed by atoms with Crippen LogP contribution in [0.4, 0.5) is 0 Å². The fourth-order valence-electron chi connectivity index (χ4n) is 3.51. The van der Waals surface area contributed by atoms with Crippen molar-refractivity contribution in [1.29, 1.82) is 0 Å². The second-order valence-corrected chi connectivity index (χ2v) is 7.44. The maximum Gasteiger partial charge on any atom is 0.261 e. The molecule has 2 heterocycles. The molecule has 1 aliphatic heterocycles. The van der Waals surface area contributed by atoms with E-state index in [0.29, 0.717) is 48.6 Å². The predicted octanol–water partition coefficient (Wildman–Crippen LogP) is 4.35. The fraction of sp³-hybridized carbons (Fsp3) is 0.318. The number of para-hydroxylation sites is 1. The van der Waals surface area contributed by atoms with Gasteiger partial charge in [-0.2, -0.15) is 4.98 Å². The van der Waals surface area contributed by atoms with Crippen molar-refractivity contribution in [2.75, 3.05) is 19.7 Å². The van der Waals surface area contributed by atoms with Crippen LogP contribution in [0.25, 0.3) is 11.5 Å². The van der Waals surface area contributed by atoms with Gasteiger partial charge in [-0.05, 0) is 43.2 Å². The third kappa shape index (κ3) is 4.43. The number of amides is 1. The van der Waals surface area contributed by atoms with Crippen molar-refractivity contribution in [3.05, 3.63) is 64.9 Å². The van der Waals surface area contributed by atoms with E-state index >= 15 is 0 Å². The van der Waals surface area contributed by atoms with Crippen LogP contribution in [-0.2, 0) is 11.2 Å². The molecular weight excluding hydrogens is 390 g/mol. The van der Waals surface area contributed by atoms with Crippen LogP contribution >= 0.6 is 11.6 Å². The molecule has 150 valence electrons. The zero-order valence-electron chi connectivity index (χ0n) is 16.2. The van der Waals surface area contributed by atoms with E-state index in [1.54, 1.807) is 0 Å². The molecule has 0 N–H and O–H groups in total. The summed E-state index contributed by atoms with van der Waals surface area (Å²) in [6.45, 7) is 3.74. The Kier molecular flexibility index (Phi) is 5.81. The summed E-state index contributed by atoms with van der Waals surface area (Å²) in [5.74, 6) is 1.73. The number of carbonyl (C=O) groups is 1. The van der Waals surface area contributed by atoms with Crippen molar-refractivity contribution >= 4 is 17.5 Å². The number of likely N-dealkylation sites (tertiary alicyclic amines) is 1. The summed E-state index contributed by atoms with van der Waals surface area (Å²) in [4.78, 5) is 18.9. The van der Waals surface area contributed by atoms with E-state index in [0.717, 1.165) is 17.5 Å². The van der Waals surface area contributed by atoms with Gasteiger partial charge in [-0.1, -0.05) is 41.0 Å². The van der Waals surface area contributed by atoms with Gasteiger partial charge in [-0.3, -0.25) is 4.79 Å². The van der Waals surface area contributed by atoms with Gasteiger partial charge < -0.3 is 14.2 Å². The zero-order chi connectivity index (χ0) is 20.2. The van der Waals surface area contributed by atoms with Crippen LogP contribution in [0.5, 0.6) is 5.75 Å². The summed E-state index contributed by atoms with van der Waals surface area (Å²) in [6.07, 6.45) is 1.18. The minimum atomic E-state index is -0.0653. The van der Waals surface area contributed by atoms with E-state index in [1.807, 2.05) is 60.4 Å². The third-order valence-corrected chi connectivity index (χ3v) is 5.27. The molecule has 1 saturated heterocycles.